The molecule has 0 saturated heterocycles. The predicted molar refractivity (Wildman–Crippen MR) is 71.2 cm³/mol. The Hall–Kier alpha value is -0.260. The summed E-state index contributed by atoms with van der Waals surface area (Å²) in [5.41, 5.74) is 1.50. The van der Waals surface area contributed by atoms with Crippen LogP contribution in [0.15, 0.2) is 12.2 Å². The molecule has 0 aromatic carbocycles. The lowest BCUT2D eigenvalue weighted by Crippen LogP contribution is -2.02. The smallest absolute Gasteiger partial charge is 0.0209 e. The zero-order chi connectivity index (χ0) is 11.5. The van der Waals surface area contributed by atoms with Gasteiger partial charge in [-0.15, -0.1) is 0 Å². The maximum absolute atomic E-state index is 4.23. The summed E-state index contributed by atoms with van der Waals surface area (Å²) in [4.78, 5) is 0. The van der Waals surface area contributed by atoms with Gasteiger partial charge in [0.1, 0.15) is 0 Å². The largest absolute Gasteiger partial charge is 0.0996 e. The van der Waals surface area contributed by atoms with E-state index in [2.05, 4.69) is 27.4 Å². The average Bonchev–Trinajstić information content (AvgIpc) is 2.23. The van der Waals surface area contributed by atoms with Crippen molar-refractivity contribution in [2.75, 3.05) is 0 Å². The van der Waals surface area contributed by atoms with Crippen molar-refractivity contribution in [3.8, 4) is 0 Å². The summed E-state index contributed by atoms with van der Waals surface area (Å²) >= 11 is 0. The Morgan fingerprint density at radius 2 is 1.60 bits per heavy atom. The molecule has 1 unspecified atom stereocenters. The van der Waals surface area contributed by atoms with Crippen molar-refractivity contribution in [1.29, 1.82) is 0 Å². The fraction of sp³-hybridized carbons (Fsp3) is 0.867. The first-order chi connectivity index (χ1) is 7.26. The van der Waals surface area contributed by atoms with Gasteiger partial charge in [-0.05, 0) is 25.2 Å². The summed E-state index contributed by atoms with van der Waals surface area (Å²) in [6, 6.07) is 0. The second kappa shape index (κ2) is 10.3. The van der Waals surface area contributed by atoms with Crippen LogP contribution in [0.2, 0.25) is 0 Å². The van der Waals surface area contributed by atoms with Gasteiger partial charge in [-0.3, -0.25) is 0 Å². The molecule has 0 aliphatic rings. The molecular formula is C15H30. The van der Waals surface area contributed by atoms with E-state index in [1.165, 1.54) is 63.4 Å². The lowest BCUT2D eigenvalue weighted by Gasteiger charge is -2.17. The van der Waals surface area contributed by atoms with Crippen molar-refractivity contribution in [3.05, 3.63) is 12.2 Å². The highest BCUT2D eigenvalue weighted by Crippen LogP contribution is 2.24. The Balaban J connectivity index is 3.56. The maximum Gasteiger partial charge on any atom is -0.0209 e. The first-order valence-electron chi connectivity index (χ1n) is 6.93. The number of allylic oxidation sites excluding steroid dienone is 1. The molecule has 90 valence electrons. The number of unbranched alkanes of at least 4 members (excludes halogenated alkanes) is 4. The molecule has 0 amide bonds. The molecule has 0 aliphatic heterocycles. The topological polar surface area (TPSA) is 0 Å². The van der Waals surface area contributed by atoms with Crippen molar-refractivity contribution < 1.29 is 0 Å². The number of rotatable bonds is 10. The van der Waals surface area contributed by atoms with Gasteiger partial charge in [-0.25, -0.2) is 0 Å². The molecule has 0 fully saturated rings. The Kier molecular flexibility index (Phi) is 10.1. The molecule has 0 bridgehead atoms. The highest BCUT2D eigenvalue weighted by Gasteiger charge is 2.08. The Morgan fingerprint density at radius 1 is 0.933 bits per heavy atom. The van der Waals surface area contributed by atoms with Crippen molar-refractivity contribution >= 4 is 0 Å². The van der Waals surface area contributed by atoms with E-state index in [0.29, 0.717) is 0 Å². The van der Waals surface area contributed by atoms with Gasteiger partial charge in [-0.2, -0.15) is 0 Å². The van der Waals surface area contributed by atoms with Gasteiger partial charge in [0.15, 0.2) is 0 Å². The second-order valence-corrected chi connectivity index (χ2v) is 4.72. The fourth-order valence-electron chi connectivity index (χ4n) is 2.22. The van der Waals surface area contributed by atoms with Gasteiger partial charge >= 0.3 is 0 Å². The SMILES string of the molecule is C=C(CCC)C(CC)CCCCCCC. The Morgan fingerprint density at radius 3 is 2.13 bits per heavy atom. The highest BCUT2D eigenvalue weighted by atomic mass is 14.1. The third-order valence-electron chi connectivity index (χ3n) is 3.30. The molecule has 0 rings (SSSR count). The fourth-order valence-corrected chi connectivity index (χ4v) is 2.22. The molecule has 0 N–H and O–H groups in total. The van der Waals surface area contributed by atoms with Crippen molar-refractivity contribution in [2.45, 2.75) is 78.6 Å². The minimum Gasteiger partial charge on any atom is -0.0996 e. The summed E-state index contributed by atoms with van der Waals surface area (Å²) in [6.07, 6.45) is 12.1. The maximum atomic E-state index is 4.23. The van der Waals surface area contributed by atoms with Gasteiger partial charge in [0.05, 0.1) is 0 Å². The molecule has 0 saturated carbocycles. The minimum absolute atomic E-state index is 0.798. The van der Waals surface area contributed by atoms with E-state index in [0.717, 1.165) is 5.92 Å². The number of hydrogen-bond donors (Lipinski definition) is 0. The Labute approximate surface area is 97.2 Å². The first kappa shape index (κ1) is 14.7. The zero-order valence-corrected chi connectivity index (χ0v) is 11.1. The van der Waals surface area contributed by atoms with Crippen LogP contribution in [0.1, 0.15) is 78.6 Å². The standard InChI is InChI=1S/C15H30/c1-5-8-9-10-11-13-15(7-3)14(4)12-6-2/h15H,4-13H2,1-3H3. The molecular weight excluding hydrogens is 180 g/mol. The van der Waals surface area contributed by atoms with Gasteiger partial charge in [0.25, 0.3) is 0 Å². The van der Waals surface area contributed by atoms with E-state index in [1.54, 1.807) is 0 Å². The van der Waals surface area contributed by atoms with E-state index in [9.17, 15) is 0 Å². The summed E-state index contributed by atoms with van der Waals surface area (Å²) < 4.78 is 0. The molecule has 0 aliphatic carbocycles. The zero-order valence-electron chi connectivity index (χ0n) is 11.1. The summed E-state index contributed by atoms with van der Waals surface area (Å²) in [7, 11) is 0. The average molecular weight is 210 g/mol. The third kappa shape index (κ3) is 7.64. The third-order valence-corrected chi connectivity index (χ3v) is 3.30. The van der Waals surface area contributed by atoms with E-state index < -0.39 is 0 Å². The molecule has 0 heterocycles. The molecule has 0 heteroatoms. The second-order valence-electron chi connectivity index (χ2n) is 4.72. The summed E-state index contributed by atoms with van der Waals surface area (Å²) in [5.74, 6) is 0.798. The molecule has 0 spiro atoms. The van der Waals surface area contributed by atoms with Crippen LogP contribution in [0.3, 0.4) is 0 Å². The van der Waals surface area contributed by atoms with Crippen molar-refractivity contribution in [3.63, 3.8) is 0 Å². The van der Waals surface area contributed by atoms with E-state index in [1.807, 2.05) is 0 Å². The summed E-state index contributed by atoms with van der Waals surface area (Å²) in [6.45, 7) is 11.1. The molecule has 0 radical (unpaired) electrons. The first-order valence-corrected chi connectivity index (χ1v) is 6.93. The van der Waals surface area contributed by atoms with Gasteiger partial charge in [0, 0.05) is 0 Å². The van der Waals surface area contributed by atoms with Crippen LogP contribution in [-0.4, -0.2) is 0 Å². The normalized spacial score (nSPS) is 12.7. The molecule has 0 aromatic heterocycles. The predicted octanol–water partition coefficient (Wildman–Crippen LogP) is 5.73. The van der Waals surface area contributed by atoms with Crippen LogP contribution in [-0.2, 0) is 0 Å². The molecule has 15 heavy (non-hydrogen) atoms. The van der Waals surface area contributed by atoms with Gasteiger partial charge in [0.2, 0.25) is 0 Å². The van der Waals surface area contributed by atoms with E-state index in [-0.39, 0.29) is 0 Å². The van der Waals surface area contributed by atoms with Crippen LogP contribution in [0.4, 0.5) is 0 Å². The van der Waals surface area contributed by atoms with Crippen LogP contribution in [0, 0.1) is 5.92 Å². The van der Waals surface area contributed by atoms with Crippen LogP contribution in [0.5, 0.6) is 0 Å². The molecule has 1 atom stereocenters. The van der Waals surface area contributed by atoms with E-state index in [4.69, 9.17) is 0 Å². The highest BCUT2D eigenvalue weighted by molar-refractivity contribution is 4.99. The lowest BCUT2D eigenvalue weighted by molar-refractivity contribution is 0.481. The quantitative estimate of drug-likeness (QED) is 0.319. The molecule has 0 nitrogen and oxygen atoms in total. The van der Waals surface area contributed by atoms with Crippen molar-refractivity contribution in [1.82, 2.24) is 0 Å². The van der Waals surface area contributed by atoms with Gasteiger partial charge < -0.3 is 0 Å². The minimum atomic E-state index is 0.798. The molecule has 0 aromatic rings. The van der Waals surface area contributed by atoms with E-state index >= 15 is 0 Å². The van der Waals surface area contributed by atoms with Gasteiger partial charge in [-0.1, -0.05) is 71.4 Å². The van der Waals surface area contributed by atoms with Crippen LogP contribution >= 0.6 is 0 Å². The van der Waals surface area contributed by atoms with Crippen LogP contribution in [0.25, 0.3) is 0 Å². The summed E-state index contributed by atoms with van der Waals surface area (Å²) in [5, 5.41) is 0. The monoisotopic (exact) mass is 210 g/mol. The number of hydrogen-bond acceptors (Lipinski definition) is 0. The lowest BCUT2D eigenvalue weighted by atomic mass is 9.89. The van der Waals surface area contributed by atoms with Crippen molar-refractivity contribution in [2.24, 2.45) is 5.92 Å². The van der Waals surface area contributed by atoms with Crippen LogP contribution < -0.4 is 0 Å². The Bertz CT molecular complexity index is 146.